The van der Waals surface area contributed by atoms with Crippen LogP contribution in [0.5, 0.6) is 11.5 Å². The van der Waals surface area contributed by atoms with E-state index in [0.29, 0.717) is 50.0 Å². The summed E-state index contributed by atoms with van der Waals surface area (Å²) in [6.07, 6.45) is 6.06. The molecule has 4 rings (SSSR count). The molecule has 1 aromatic heterocycles. The monoisotopic (exact) mass is 453 g/mol. The molecule has 0 unspecified atom stereocenters. The molecule has 168 valence electrons. The lowest BCUT2D eigenvalue weighted by molar-refractivity contribution is -0.137. The van der Waals surface area contributed by atoms with E-state index in [-0.39, 0.29) is 12.5 Å². The summed E-state index contributed by atoms with van der Waals surface area (Å²) in [4.78, 5) is 20.0. The lowest BCUT2D eigenvalue weighted by Gasteiger charge is -2.26. The summed E-state index contributed by atoms with van der Waals surface area (Å²) in [6, 6.07) is 7.86. The Labute approximate surface area is 192 Å². The minimum atomic E-state index is -0.0629. The molecule has 1 aliphatic heterocycles. The van der Waals surface area contributed by atoms with Crippen LogP contribution in [0, 0.1) is 11.3 Å². The summed E-state index contributed by atoms with van der Waals surface area (Å²) in [5, 5.41) is 10.4. The smallest absolute Gasteiger partial charge is 0.260 e. The molecule has 32 heavy (non-hydrogen) atoms. The topological polar surface area (TPSA) is 84.2 Å². The fourth-order valence-electron chi connectivity index (χ4n) is 3.93. The maximum absolute atomic E-state index is 12.4. The lowest BCUT2D eigenvalue weighted by atomic mass is 9.96. The second-order valence-corrected chi connectivity index (χ2v) is 8.77. The maximum Gasteiger partial charge on any atom is 0.260 e. The predicted molar refractivity (Wildman–Crippen MR) is 123 cm³/mol. The van der Waals surface area contributed by atoms with E-state index in [1.807, 2.05) is 19.1 Å². The van der Waals surface area contributed by atoms with Gasteiger partial charge in [0.2, 0.25) is 0 Å². The molecule has 1 saturated heterocycles. The van der Waals surface area contributed by atoms with Gasteiger partial charge in [-0.15, -0.1) is 11.3 Å². The number of nitrogens with zero attached hydrogens (tertiary/aromatic N) is 3. The van der Waals surface area contributed by atoms with Crippen molar-refractivity contribution in [3.8, 4) is 17.6 Å². The van der Waals surface area contributed by atoms with E-state index in [1.54, 1.807) is 28.5 Å². The van der Waals surface area contributed by atoms with Crippen LogP contribution in [0.15, 0.2) is 23.2 Å². The largest absolute Gasteiger partial charge is 0.490 e. The van der Waals surface area contributed by atoms with E-state index < -0.39 is 0 Å². The molecule has 1 aromatic carbocycles. The van der Waals surface area contributed by atoms with Gasteiger partial charge in [-0.05, 0) is 61.9 Å². The van der Waals surface area contributed by atoms with Crippen LogP contribution in [0.2, 0.25) is 0 Å². The van der Waals surface area contributed by atoms with Gasteiger partial charge >= 0.3 is 0 Å². The standard InChI is InChI=1S/C24H27N3O4S/c1-2-30-21-13-17(7-8-20(21)31-16-23(28)27-9-11-29-12-10-27)15-26-24-19(14-25)18-5-3-4-6-22(18)32-24/h7-8,13,15H,2-6,9-12,16H2,1H3. The molecule has 0 atom stereocenters. The molecule has 0 bridgehead atoms. The molecule has 0 saturated carbocycles. The van der Waals surface area contributed by atoms with Crippen molar-refractivity contribution in [3.05, 3.63) is 39.8 Å². The van der Waals surface area contributed by atoms with E-state index in [9.17, 15) is 10.1 Å². The third kappa shape index (κ3) is 5.12. The summed E-state index contributed by atoms with van der Waals surface area (Å²) < 4.78 is 16.8. The number of aryl methyl sites for hydroxylation is 1. The van der Waals surface area contributed by atoms with E-state index in [2.05, 4.69) is 11.1 Å². The Kier molecular flexibility index (Phi) is 7.40. The molecule has 0 N–H and O–H groups in total. The second kappa shape index (κ2) is 10.6. The minimum absolute atomic E-state index is 0.0419. The number of ether oxygens (including phenoxy) is 3. The second-order valence-electron chi connectivity index (χ2n) is 7.68. The van der Waals surface area contributed by atoms with Crippen LogP contribution in [0.1, 0.15) is 41.3 Å². The van der Waals surface area contributed by atoms with Crippen LogP contribution >= 0.6 is 11.3 Å². The van der Waals surface area contributed by atoms with Crippen molar-refractivity contribution in [3.63, 3.8) is 0 Å². The first-order chi connectivity index (χ1) is 15.7. The molecule has 2 aliphatic rings. The number of nitriles is 1. The van der Waals surface area contributed by atoms with Crippen molar-refractivity contribution in [2.24, 2.45) is 4.99 Å². The van der Waals surface area contributed by atoms with Gasteiger partial charge in [0, 0.05) is 24.2 Å². The average Bonchev–Trinajstić information content (AvgIpc) is 3.20. The highest BCUT2D eigenvalue weighted by molar-refractivity contribution is 7.16. The third-order valence-electron chi connectivity index (χ3n) is 5.58. The van der Waals surface area contributed by atoms with Gasteiger partial charge in [0.1, 0.15) is 11.1 Å². The molecular formula is C24H27N3O4S. The zero-order valence-electron chi connectivity index (χ0n) is 18.3. The van der Waals surface area contributed by atoms with Crippen LogP contribution < -0.4 is 9.47 Å². The molecule has 1 amide bonds. The normalized spacial score (nSPS) is 15.9. The van der Waals surface area contributed by atoms with Gasteiger partial charge in [0.25, 0.3) is 5.91 Å². The number of morpholine rings is 1. The van der Waals surface area contributed by atoms with Crippen molar-refractivity contribution in [2.45, 2.75) is 32.6 Å². The fraction of sp³-hybridized carbons (Fsp3) is 0.458. The number of hydrogen-bond acceptors (Lipinski definition) is 7. The molecular weight excluding hydrogens is 426 g/mol. The van der Waals surface area contributed by atoms with Crippen molar-refractivity contribution >= 4 is 28.5 Å². The summed E-state index contributed by atoms with van der Waals surface area (Å²) in [7, 11) is 0. The highest BCUT2D eigenvalue weighted by atomic mass is 32.1. The first-order valence-corrected chi connectivity index (χ1v) is 11.8. The van der Waals surface area contributed by atoms with Crippen molar-refractivity contribution < 1.29 is 19.0 Å². The third-order valence-corrected chi connectivity index (χ3v) is 6.78. The van der Waals surface area contributed by atoms with Gasteiger partial charge < -0.3 is 19.1 Å². The molecule has 8 heteroatoms. The average molecular weight is 454 g/mol. The molecule has 2 aromatic rings. The van der Waals surface area contributed by atoms with Crippen LogP contribution in [-0.2, 0) is 22.4 Å². The van der Waals surface area contributed by atoms with Crippen molar-refractivity contribution in [1.29, 1.82) is 5.26 Å². The Morgan fingerprint density at radius 3 is 2.84 bits per heavy atom. The van der Waals surface area contributed by atoms with Gasteiger partial charge in [-0.2, -0.15) is 5.26 Å². The van der Waals surface area contributed by atoms with Crippen LogP contribution in [0.25, 0.3) is 0 Å². The van der Waals surface area contributed by atoms with Gasteiger partial charge in [0.05, 0.1) is 25.4 Å². The van der Waals surface area contributed by atoms with Gasteiger partial charge in [-0.3, -0.25) is 4.79 Å². The Morgan fingerprint density at radius 2 is 2.06 bits per heavy atom. The Morgan fingerprint density at radius 1 is 1.25 bits per heavy atom. The van der Waals surface area contributed by atoms with E-state index in [4.69, 9.17) is 14.2 Å². The first-order valence-electron chi connectivity index (χ1n) is 11.0. The summed E-state index contributed by atoms with van der Waals surface area (Å²) in [5.41, 5.74) is 2.74. The number of aliphatic imine (C=N–C) groups is 1. The molecule has 1 aliphatic carbocycles. The lowest BCUT2D eigenvalue weighted by Crippen LogP contribution is -2.43. The Balaban J connectivity index is 1.47. The van der Waals surface area contributed by atoms with Crippen LogP contribution in [-0.4, -0.2) is 56.5 Å². The Bertz CT molecular complexity index is 1030. The fourth-order valence-corrected chi connectivity index (χ4v) is 5.11. The first kappa shape index (κ1) is 22.3. The number of amides is 1. The number of rotatable bonds is 7. The maximum atomic E-state index is 12.4. The number of hydrogen-bond donors (Lipinski definition) is 0. The summed E-state index contributed by atoms with van der Waals surface area (Å²) in [5.74, 6) is 1.03. The molecule has 1 fully saturated rings. The van der Waals surface area contributed by atoms with Crippen LogP contribution in [0.3, 0.4) is 0 Å². The number of benzene rings is 1. The number of fused-ring (bicyclic) bond motifs is 1. The zero-order valence-corrected chi connectivity index (χ0v) is 19.1. The molecule has 0 radical (unpaired) electrons. The van der Waals surface area contributed by atoms with Crippen molar-refractivity contribution in [2.75, 3.05) is 39.5 Å². The van der Waals surface area contributed by atoms with Crippen molar-refractivity contribution in [1.82, 2.24) is 4.90 Å². The molecule has 2 heterocycles. The predicted octanol–water partition coefficient (Wildman–Crippen LogP) is 3.89. The highest BCUT2D eigenvalue weighted by Crippen LogP contribution is 2.39. The van der Waals surface area contributed by atoms with E-state index in [1.165, 1.54) is 16.9 Å². The minimum Gasteiger partial charge on any atom is -0.490 e. The van der Waals surface area contributed by atoms with E-state index in [0.717, 1.165) is 29.8 Å². The van der Waals surface area contributed by atoms with Gasteiger partial charge in [-0.1, -0.05) is 0 Å². The highest BCUT2D eigenvalue weighted by Gasteiger charge is 2.20. The summed E-state index contributed by atoms with van der Waals surface area (Å²) in [6.45, 7) is 4.64. The van der Waals surface area contributed by atoms with E-state index >= 15 is 0 Å². The zero-order chi connectivity index (χ0) is 22.3. The van der Waals surface area contributed by atoms with Gasteiger partial charge in [-0.25, -0.2) is 4.99 Å². The number of carbonyl (C=O) groups is 1. The molecule has 0 spiro atoms. The number of thiophene rings is 1. The summed E-state index contributed by atoms with van der Waals surface area (Å²) >= 11 is 1.62. The quantitative estimate of drug-likeness (QED) is 0.594. The Hall–Kier alpha value is -2.89. The number of carbonyl (C=O) groups excluding carboxylic acids is 1. The molecule has 7 nitrogen and oxygen atoms in total. The van der Waals surface area contributed by atoms with Gasteiger partial charge in [0.15, 0.2) is 18.1 Å². The van der Waals surface area contributed by atoms with Crippen LogP contribution in [0.4, 0.5) is 5.00 Å². The SMILES string of the molecule is CCOc1cc(C=Nc2sc3c(c2C#N)CCCC3)ccc1OCC(=O)N1CCOCC1.